The summed E-state index contributed by atoms with van der Waals surface area (Å²) < 4.78 is 6.51. The Morgan fingerprint density at radius 2 is 2.03 bits per heavy atom. The number of hydrogen-bond acceptors (Lipinski definition) is 6. The van der Waals surface area contributed by atoms with Crippen molar-refractivity contribution in [1.29, 1.82) is 0 Å². The second kappa shape index (κ2) is 9.73. The van der Waals surface area contributed by atoms with Crippen molar-refractivity contribution in [2.75, 3.05) is 62.7 Å². The van der Waals surface area contributed by atoms with Crippen molar-refractivity contribution < 1.29 is 9.53 Å². The van der Waals surface area contributed by atoms with E-state index in [-0.39, 0.29) is 6.03 Å². The Hall–Kier alpha value is -1.90. The van der Waals surface area contributed by atoms with Crippen LogP contribution in [0.15, 0.2) is 18.2 Å². The van der Waals surface area contributed by atoms with Crippen molar-refractivity contribution in [3.8, 4) is 0 Å². The maximum atomic E-state index is 12.3. The highest BCUT2D eigenvalue weighted by atomic mass is 32.1. The Balaban J connectivity index is 1.28. The van der Waals surface area contributed by atoms with E-state index in [0.29, 0.717) is 5.92 Å². The average Bonchev–Trinajstić information content (AvgIpc) is 3.18. The van der Waals surface area contributed by atoms with Gasteiger partial charge in [0.15, 0.2) is 5.13 Å². The summed E-state index contributed by atoms with van der Waals surface area (Å²) in [5, 5.41) is 7.05. The van der Waals surface area contributed by atoms with Crippen LogP contribution >= 0.6 is 11.3 Å². The number of morpholine rings is 1. The lowest BCUT2D eigenvalue weighted by Gasteiger charge is -2.31. The molecule has 4 rings (SSSR count). The minimum Gasteiger partial charge on any atom is -0.378 e. The fourth-order valence-corrected chi connectivity index (χ4v) is 5.08. The Morgan fingerprint density at radius 1 is 1.24 bits per heavy atom. The van der Waals surface area contributed by atoms with Crippen LogP contribution in [-0.2, 0) is 4.74 Å². The lowest BCUT2D eigenvalue weighted by molar-refractivity contribution is 0.122. The van der Waals surface area contributed by atoms with E-state index in [4.69, 9.17) is 9.72 Å². The van der Waals surface area contributed by atoms with Gasteiger partial charge in [0, 0.05) is 25.3 Å². The number of hydrogen-bond donors (Lipinski definition) is 2. The van der Waals surface area contributed by atoms with Crippen LogP contribution in [0.25, 0.3) is 10.2 Å². The number of carbonyl (C=O) groups excluding carboxylic acids is 1. The zero-order valence-electron chi connectivity index (χ0n) is 17.2. The fraction of sp³-hybridized carbons (Fsp3) is 0.619. The first-order chi connectivity index (χ1) is 14.2. The number of fused-ring (bicyclic) bond motifs is 1. The molecule has 158 valence electrons. The van der Waals surface area contributed by atoms with E-state index in [1.54, 1.807) is 11.3 Å². The smallest absolute Gasteiger partial charge is 0.319 e. The molecule has 2 fully saturated rings. The van der Waals surface area contributed by atoms with Gasteiger partial charge in [-0.3, -0.25) is 0 Å². The number of benzene rings is 1. The van der Waals surface area contributed by atoms with E-state index in [0.717, 1.165) is 79.8 Å². The van der Waals surface area contributed by atoms with Gasteiger partial charge in [0.25, 0.3) is 0 Å². The molecule has 2 aliphatic rings. The molecular weight excluding hydrogens is 386 g/mol. The van der Waals surface area contributed by atoms with Gasteiger partial charge in [-0.05, 0) is 63.0 Å². The second-order valence-electron chi connectivity index (χ2n) is 7.90. The molecule has 0 atom stereocenters. The molecule has 0 unspecified atom stereocenters. The number of rotatable bonds is 6. The minimum atomic E-state index is -0.127. The normalized spacial score (nSPS) is 18.9. The van der Waals surface area contributed by atoms with E-state index in [9.17, 15) is 4.79 Å². The number of thiazole rings is 1. The lowest BCUT2D eigenvalue weighted by atomic mass is 9.97. The third-order valence-corrected chi connectivity index (χ3v) is 6.79. The van der Waals surface area contributed by atoms with Gasteiger partial charge < -0.3 is 25.2 Å². The van der Waals surface area contributed by atoms with Crippen molar-refractivity contribution >= 4 is 38.4 Å². The summed E-state index contributed by atoms with van der Waals surface area (Å²) in [7, 11) is 0. The fourth-order valence-electron chi connectivity index (χ4n) is 4.02. The topological polar surface area (TPSA) is 69.7 Å². The Morgan fingerprint density at radius 3 is 2.79 bits per heavy atom. The first kappa shape index (κ1) is 20.4. The monoisotopic (exact) mass is 417 g/mol. The summed E-state index contributed by atoms with van der Waals surface area (Å²) in [5.41, 5.74) is 1.78. The van der Waals surface area contributed by atoms with Gasteiger partial charge in [0.2, 0.25) is 0 Å². The number of nitrogens with one attached hydrogen (secondary N) is 2. The van der Waals surface area contributed by atoms with Crippen molar-refractivity contribution in [2.45, 2.75) is 26.2 Å². The molecule has 0 bridgehead atoms. The average molecular weight is 418 g/mol. The third-order valence-electron chi connectivity index (χ3n) is 5.71. The molecule has 0 spiro atoms. The highest BCUT2D eigenvalue weighted by Crippen LogP contribution is 2.31. The standard InChI is InChI=1S/C21H31N5O2S/c1-2-7-25-8-5-16(6-9-25)15-22-20(27)23-17-3-4-18-19(14-17)29-21(24-18)26-10-12-28-13-11-26/h3-4,14,16H,2,5-13,15H2,1H3,(H2,22,23,27). The number of amides is 2. The highest BCUT2D eigenvalue weighted by molar-refractivity contribution is 7.22. The summed E-state index contributed by atoms with van der Waals surface area (Å²) in [6, 6.07) is 5.79. The van der Waals surface area contributed by atoms with Crippen LogP contribution in [0, 0.1) is 5.92 Å². The summed E-state index contributed by atoms with van der Waals surface area (Å²) in [6.45, 7) is 9.72. The van der Waals surface area contributed by atoms with Crippen molar-refractivity contribution in [1.82, 2.24) is 15.2 Å². The number of carbonyl (C=O) groups is 1. The molecule has 1 aromatic carbocycles. The molecule has 3 heterocycles. The number of urea groups is 1. The van der Waals surface area contributed by atoms with Crippen LogP contribution in [0.5, 0.6) is 0 Å². The van der Waals surface area contributed by atoms with Gasteiger partial charge in [-0.1, -0.05) is 18.3 Å². The number of ether oxygens (including phenoxy) is 1. The van der Waals surface area contributed by atoms with E-state index in [1.807, 2.05) is 18.2 Å². The van der Waals surface area contributed by atoms with Gasteiger partial charge in [-0.25, -0.2) is 9.78 Å². The molecule has 2 amide bonds. The predicted octanol–water partition coefficient (Wildman–Crippen LogP) is 3.38. The number of nitrogens with zero attached hydrogens (tertiary/aromatic N) is 3. The number of piperidine rings is 1. The summed E-state index contributed by atoms with van der Waals surface area (Å²) in [6.07, 6.45) is 3.54. The predicted molar refractivity (Wildman–Crippen MR) is 119 cm³/mol. The van der Waals surface area contributed by atoms with Gasteiger partial charge in [-0.2, -0.15) is 0 Å². The summed E-state index contributed by atoms with van der Waals surface area (Å²) >= 11 is 1.67. The van der Waals surface area contributed by atoms with Crippen molar-refractivity contribution in [3.05, 3.63) is 18.2 Å². The SMILES string of the molecule is CCCN1CCC(CNC(=O)Nc2ccc3nc(N4CCOCC4)sc3c2)CC1. The lowest BCUT2D eigenvalue weighted by Crippen LogP contribution is -2.39. The Bertz CT molecular complexity index is 813. The molecule has 2 aromatic rings. The van der Waals surface area contributed by atoms with Crippen LogP contribution in [0.1, 0.15) is 26.2 Å². The van der Waals surface area contributed by atoms with Gasteiger partial charge >= 0.3 is 6.03 Å². The van der Waals surface area contributed by atoms with Crippen molar-refractivity contribution in [3.63, 3.8) is 0 Å². The quantitative estimate of drug-likeness (QED) is 0.754. The van der Waals surface area contributed by atoms with E-state index < -0.39 is 0 Å². The van der Waals surface area contributed by atoms with Crippen LogP contribution in [-0.4, -0.2) is 68.4 Å². The molecule has 29 heavy (non-hydrogen) atoms. The van der Waals surface area contributed by atoms with E-state index in [2.05, 4.69) is 27.4 Å². The van der Waals surface area contributed by atoms with Crippen LogP contribution in [0.2, 0.25) is 0 Å². The Kier molecular flexibility index (Phi) is 6.84. The first-order valence-corrected chi connectivity index (χ1v) is 11.5. The molecule has 7 nitrogen and oxygen atoms in total. The van der Waals surface area contributed by atoms with Crippen molar-refractivity contribution in [2.24, 2.45) is 5.92 Å². The van der Waals surface area contributed by atoms with Crippen LogP contribution in [0.3, 0.4) is 0 Å². The maximum Gasteiger partial charge on any atom is 0.319 e. The molecule has 2 saturated heterocycles. The van der Waals surface area contributed by atoms with Gasteiger partial charge in [0.1, 0.15) is 0 Å². The molecule has 1 aromatic heterocycles. The van der Waals surface area contributed by atoms with E-state index >= 15 is 0 Å². The summed E-state index contributed by atoms with van der Waals surface area (Å²) in [5.74, 6) is 0.578. The largest absolute Gasteiger partial charge is 0.378 e. The Labute approximate surface area is 176 Å². The van der Waals surface area contributed by atoms with Crippen LogP contribution in [0.4, 0.5) is 15.6 Å². The zero-order chi connectivity index (χ0) is 20.1. The maximum absolute atomic E-state index is 12.3. The van der Waals surface area contributed by atoms with Gasteiger partial charge in [-0.15, -0.1) is 0 Å². The zero-order valence-corrected chi connectivity index (χ0v) is 18.0. The molecule has 2 aliphatic heterocycles. The third kappa shape index (κ3) is 5.38. The minimum absolute atomic E-state index is 0.127. The van der Waals surface area contributed by atoms with E-state index in [1.165, 1.54) is 13.0 Å². The molecule has 0 saturated carbocycles. The molecule has 0 radical (unpaired) electrons. The molecule has 2 N–H and O–H groups in total. The molecular formula is C21H31N5O2S. The highest BCUT2D eigenvalue weighted by Gasteiger charge is 2.19. The van der Waals surface area contributed by atoms with Crippen LogP contribution < -0.4 is 15.5 Å². The molecule has 0 aliphatic carbocycles. The first-order valence-electron chi connectivity index (χ1n) is 10.7. The number of likely N-dealkylation sites (tertiary alicyclic amines) is 1. The molecule has 8 heteroatoms. The second-order valence-corrected chi connectivity index (χ2v) is 8.91. The number of aromatic nitrogens is 1. The number of anilines is 2. The summed E-state index contributed by atoms with van der Waals surface area (Å²) in [4.78, 5) is 21.9. The van der Waals surface area contributed by atoms with Gasteiger partial charge in [0.05, 0.1) is 23.4 Å².